The van der Waals surface area contributed by atoms with E-state index in [1.54, 1.807) is 0 Å². The zero-order chi connectivity index (χ0) is 15.0. The second kappa shape index (κ2) is 5.77. The molecule has 3 atom stereocenters. The highest BCUT2D eigenvalue weighted by atomic mass is 35.7. The van der Waals surface area contributed by atoms with E-state index in [1.807, 2.05) is 0 Å². The van der Waals surface area contributed by atoms with Gasteiger partial charge in [-0.05, 0) is 48.9 Å². The van der Waals surface area contributed by atoms with Crippen LogP contribution in [0.1, 0.15) is 59.3 Å². The topological polar surface area (TPSA) is 43.4 Å². The van der Waals surface area contributed by atoms with E-state index < -0.39 is 9.05 Å². The second-order valence-electron chi connectivity index (χ2n) is 7.27. The van der Waals surface area contributed by atoms with Gasteiger partial charge in [-0.15, -0.1) is 0 Å². The Morgan fingerprint density at radius 2 is 1.90 bits per heavy atom. The van der Waals surface area contributed by atoms with E-state index in [0.717, 1.165) is 25.4 Å². The minimum Gasteiger partial charge on any atom is -0.378 e. The summed E-state index contributed by atoms with van der Waals surface area (Å²) in [6, 6.07) is 0. The van der Waals surface area contributed by atoms with Crippen molar-refractivity contribution in [2.75, 3.05) is 12.4 Å². The number of unbranched alkanes of at least 4 members (excludes halogenated alkanes) is 2. The van der Waals surface area contributed by atoms with Crippen LogP contribution in [0.2, 0.25) is 0 Å². The molecule has 0 radical (unpaired) electrons. The summed E-state index contributed by atoms with van der Waals surface area (Å²) in [6.45, 7) is 7.90. The van der Waals surface area contributed by atoms with Gasteiger partial charge in [0.25, 0.3) is 0 Å². The molecule has 3 nitrogen and oxygen atoms in total. The second-order valence-corrected chi connectivity index (χ2v) is 10.2. The van der Waals surface area contributed by atoms with Crippen LogP contribution in [-0.4, -0.2) is 26.9 Å². The fourth-order valence-electron chi connectivity index (χ4n) is 4.16. The number of hydrogen-bond donors (Lipinski definition) is 0. The van der Waals surface area contributed by atoms with Crippen molar-refractivity contribution in [3.05, 3.63) is 0 Å². The number of halogens is 1. The molecule has 0 aromatic rings. The van der Waals surface area contributed by atoms with Crippen LogP contribution in [0.3, 0.4) is 0 Å². The average molecular weight is 323 g/mol. The molecule has 118 valence electrons. The first-order valence-electron chi connectivity index (χ1n) is 7.71. The first kappa shape index (κ1) is 16.6. The van der Waals surface area contributed by atoms with Gasteiger partial charge in [-0.2, -0.15) is 0 Å². The van der Waals surface area contributed by atoms with Crippen LogP contribution in [0.4, 0.5) is 0 Å². The number of fused-ring (bicyclic) bond motifs is 2. The van der Waals surface area contributed by atoms with Gasteiger partial charge in [-0.3, -0.25) is 0 Å². The van der Waals surface area contributed by atoms with Gasteiger partial charge < -0.3 is 4.74 Å². The van der Waals surface area contributed by atoms with Gasteiger partial charge in [-0.1, -0.05) is 27.2 Å². The van der Waals surface area contributed by atoms with E-state index in [4.69, 9.17) is 15.4 Å². The number of rotatable bonds is 7. The Balaban J connectivity index is 1.69. The third-order valence-corrected chi connectivity index (χ3v) is 7.30. The maximum absolute atomic E-state index is 10.8. The van der Waals surface area contributed by atoms with Gasteiger partial charge in [0.2, 0.25) is 9.05 Å². The molecule has 0 aliphatic heterocycles. The van der Waals surface area contributed by atoms with Crippen LogP contribution in [0.15, 0.2) is 0 Å². The summed E-state index contributed by atoms with van der Waals surface area (Å²) < 4.78 is 27.7. The average Bonchev–Trinajstić information content (AvgIpc) is 2.65. The van der Waals surface area contributed by atoms with Gasteiger partial charge in [0.15, 0.2) is 0 Å². The molecule has 0 amide bonds. The quantitative estimate of drug-likeness (QED) is 0.526. The standard InChI is InChI=1S/C15H27ClO3S/c1-14(2)12-7-8-15(14,3)13(11-12)19-9-5-4-6-10-20(16,17)18/h12-13H,4-11H2,1-3H3. The molecule has 3 unspecified atom stereocenters. The van der Waals surface area contributed by atoms with E-state index in [9.17, 15) is 8.42 Å². The zero-order valence-electron chi connectivity index (χ0n) is 12.8. The van der Waals surface area contributed by atoms with Crippen LogP contribution in [0, 0.1) is 16.7 Å². The molecular formula is C15H27ClO3S. The maximum Gasteiger partial charge on any atom is 0.232 e. The largest absolute Gasteiger partial charge is 0.378 e. The lowest BCUT2D eigenvalue weighted by Crippen LogP contribution is -2.37. The highest BCUT2D eigenvalue weighted by Gasteiger charge is 2.61. The smallest absolute Gasteiger partial charge is 0.232 e. The number of hydrogen-bond acceptors (Lipinski definition) is 3. The highest BCUT2D eigenvalue weighted by molar-refractivity contribution is 8.13. The van der Waals surface area contributed by atoms with E-state index in [0.29, 0.717) is 23.4 Å². The molecule has 0 saturated heterocycles. The Bertz CT molecular complexity index is 446. The molecule has 2 aliphatic carbocycles. The summed E-state index contributed by atoms with van der Waals surface area (Å²) in [5.41, 5.74) is 0.710. The SMILES string of the molecule is CC1(C)C2CCC1(C)C(OCCCCCS(=O)(=O)Cl)C2. The molecule has 0 aromatic carbocycles. The Kier molecular flexibility index (Phi) is 4.78. The van der Waals surface area contributed by atoms with Gasteiger partial charge in [0, 0.05) is 17.3 Å². The summed E-state index contributed by atoms with van der Waals surface area (Å²) in [4.78, 5) is 0. The summed E-state index contributed by atoms with van der Waals surface area (Å²) in [6.07, 6.45) is 6.61. The normalized spacial score (nSPS) is 35.6. The summed E-state index contributed by atoms with van der Waals surface area (Å²) in [5, 5.41) is 0. The predicted molar refractivity (Wildman–Crippen MR) is 82.5 cm³/mol. The number of ether oxygens (including phenoxy) is 1. The van der Waals surface area contributed by atoms with Crippen LogP contribution in [-0.2, 0) is 13.8 Å². The van der Waals surface area contributed by atoms with Crippen molar-refractivity contribution in [1.29, 1.82) is 0 Å². The Morgan fingerprint density at radius 3 is 2.40 bits per heavy atom. The molecule has 2 aliphatic rings. The van der Waals surface area contributed by atoms with Crippen LogP contribution >= 0.6 is 10.7 Å². The van der Waals surface area contributed by atoms with Crippen molar-refractivity contribution in [1.82, 2.24) is 0 Å². The van der Waals surface area contributed by atoms with Crippen molar-refractivity contribution >= 4 is 19.7 Å². The molecule has 2 saturated carbocycles. The molecule has 2 fully saturated rings. The molecule has 0 N–H and O–H groups in total. The minimum absolute atomic E-state index is 0.0742. The molecule has 2 rings (SSSR count). The highest BCUT2D eigenvalue weighted by Crippen LogP contribution is 2.66. The van der Waals surface area contributed by atoms with E-state index >= 15 is 0 Å². The van der Waals surface area contributed by atoms with Crippen LogP contribution < -0.4 is 0 Å². The van der Waals surface area contributed by atoms with Crippen LogP contribution in [0.5, 0.6) is 0 Å². The molecule has 2 bridgehead atoms. The first-order valence-corrected chi connectivity index (χ1v) is 10.2. The van der Waals surface area contributed by atoms with Gasteiger partial charge in [0.1, 0.15) is 0 Å². The fraction of sp³-hybridized carbons (Fsp3) is 1.00. The first-order chi connectivity index (χ1) is 9.17. The fourth-order valence-corrected chi connectivity index (χ4v) is 5.04. The molecule has 0 spiro atoms. The summed E-state index contributed by atoms with van der Waals surface area (Å²) in [7, 11) is 1.86. The predicted octanol–water partition coefficient (Wildman–Crippen LogP) is 3.96. The van der Waals surface area contributed by atoms with E-state index in [2.05, 4.69) is 20.8 Å². The van der Waals surface area contributed by atoms with Gasteiger partial charge >= 0.3 is 0 Å². The lowest BCUT2D eigenvalue weighted by Gasteiger charge is -2.39. The molecule has 5 heteroatoms. The lowest BCUT2D eigenvalue weighted by molar-refractivity contribution is -0.0474. The van der Waals surface area contributed by atoms with Crippen molar-refractivity contribution in [3.63, 3.8) is 0 Å². The van der Waals surface area contributed by atoms with Crippen molar-refractivity contribution in [2.45, 2.75) is 65.4 Å². The Morgan fingerprint density at radius 1 is 1.20 bits per heavy atom. The van der Waals surface area contributed by atoms with Gasteiger partial charge in [-0.25, -0.2) is 8.42 Å². The Labute approximate surface area is 127 Å². The molecular weight excluding hydrogens is 296 g/mol. The summed E-state index contributed by atoms with van der Waals surface area (Å²) >= 11 is 0. The monoisotopic (exact) mass is 322 g/mol. The van der Waals surface area contributed by atoms with Gasteiger partial charge in [0.05, 0.1) is 11.9 Å². The van der Waals surface area contributed by atoms with Crippen LogP contribution in [0.25, 0.3) is 0 Å². The maximum atomic E-state index is 10.8. The minimum atomic E-state index is -3.33. The van der Waals surface area contributed by atoms with E-state index in [1.165, 1.54) is 19.3 Å². The van der Waals surface area contributed by atoms with Crippen molar-refractivity contribution < 1.29 is 13.2 Å². The van der Waals surface area contributed by atoms with Crippen molar-refractivity contribution in [3.8, 4) is 0 Å². The molecule has 20 heavy (non-hydrogen) atoms. The third kappa shape index (κ3) is 3.17. The zero-order valence-corrected chi connectivity index (χ0v) is 14.4. The third-order valence-electron chi connectivity index (χ3n) is 6.07. The summed E-state index contributed by atoms with van der Waals surface area (Å²) in [5.74, 6) is 0.879. The Hall–Kier alpha value is 0.200. The van der Waals surface area contributed by atoms with E-state index in [-0.39, 0.29) is 5.75 Å². The molecule has 0 heterocycles. The van der Waals surface area contributed by atoms with Crippen molar-refractivity contribution in [2.24, 2.45) is 16.7 Å². The molecule has 0 aromatic heterocycles. The lowest BCUT2D eigenvalue weighted by atomic mass is 9.70.